The topological polar surface area (TPSA) is 29.5 Å². The van der Waals surface area contributed by atoms with E-state index in [1.165, 1.54) is 6.07 Å². The monoisotopic (exact) mass is 252 g/mol. The molecule has 1 N–H and O–H groups in total. The molecule has 2 nitrogen and oxygen atoms in total. The Hall–Kier alpha value is -0.930. The number of aryl methyl sites for hydroxylation is 1. The van der Waals surface area contributed by atoms with Gasteiger partial charge in [-0.2, -0.15) is 0 Å². The zero-order chi connectivity index (χ0) is 13.4. The Morgan fingerprint density at radius 3 is 2.78 bits per heavy atom. The van der Waals surface area contributed by atoms with E-state index in [1.807, 2.05) is 19.9 Å². The zero-order valence-electron chi connectivity index (χ0n) is 11.3. The number of hydrogen-bond donors (Lipinski definition) is 1. The number of ether oxygens (including phenoxy) is 1. The Morgan fingerprint density at radius 1 is 1.44 bits per heavy atom. The molecular weight excluding hydrogens is 231 g/mol. The average molecular weight is 252 g/mol. The summed E-state index contributed by atoms with van der Waals surface area (Å²) in [7, 11) is 0. The maximum absolute atomic E-state index is 13.6. The van der Waals surface area contributed by atoms with Crippen LogP contribution in [0.2, 0.25) is 0 Å². The third-order valence-corrected chi connectivity index (χ3v) is 4.09. The molecule has 1 fully saturated rings. The smallest absolute Gasteiger partial charge is 0.126 e. The maximum Gasteiger partial charge on any atom is 0.126 e. The van der Waals surface area contributed by atoms with Gasteiger partial charge in [-0.05, 0) is 37.5 Å². The molecule has 0 saturated carbocycles. The summed E-state index contributed by atoms with van der Waals surface area (Å²) in [5, 5.41) is 10.8. The molecule has 1 aromatic carbocycles. The van der Waals surface area contributed by atoms with Crippen molar-refractivity contribution >= 4 is 0 Å². The molecule has 0 spiro atoms. The second-order valence-corrected chi connectivity index (χ2v) is 5.57. The number of rotatable bonds is 2. The first kappa shape index (κ1) is 13.5. The lowest BCUT2D eigenvalue weighted by atomic mass is 9.77. The third-order valence-electron chi connectivity index (χ3n) is 4.09. The van der Waals surface area contributed by atoms with Crippen LogP contribution in [0.4, 0.5) is 4.39 Å². The van der Waals surface area contributed by atoms with Crippen molar-refractivity contribution in [1.29, 1.82) is 0 Å². The fourth-order valence-corrected chi connectivity index (χ4v) is 2.58. The van der Waals surface area contributed by atoms with Gasteiger partial charge in [-0.15, -0.1) is 0 Å². The Labute approximate surface area is 108 Å². The Kier molecular flexibility index (Phi) is 3.47. The molecule has 2 unspecified atom stereocenters. The van der Waals surface area contributed by atoms with Crippen molar-refractivity contribution in [2.24, 2.45) is 0 Å². The summed E-state index contributed by atoms with van der Waals surface area (Å²) in [6, 6.07) is 5.00. The van der Waals surface area contributed by atoms with Crippen LogP contribution >= 0.6 is 0 Å². The molecule has 0 bridgehead atoms. The van der Waals surface area contributed by atoms with Gasteiger partial charge in [0, 0.05) is 12.8 Å². The quantitative estimate of drug-likeness (QED) is 0.875. The lowest BCUT2D eigenvalue weighted by molar-refractivity contribution is -0.157. The van der Waals surface area contributed by atoms with Crippen LogP contribution < -0.4 is 0 Å². The number of benzene rings is 1. The minimum atomic E-state index is -0.975. The highest BCUT2D eigenvalue weighted by atomic mass is 19.1. The van der Waals surface area contributed by atoms with Crippen LogP contribution in [-0.4, -0.2) is 17.3 Å². The van der Waals surface area contributed by atoms with Crippen LogP contribution in [0.1, 0.15) is 44.2 Å². The van der Waals surface area contributed by atoms with E-state index in [0.29, 0.717) is 30.6 Å². The minimum absolute atomic E-state index is 0.259. The van der Waals surface area contributed by atoms with Crippen LogP contribution in [-0.2, 0) is 10.3 Å². The van der Waals surface area contributed by atoms with E-state index in [2.05, 4.69) is 0 Å². The molecule has 3 heteroatoms. The zero-order valence-corrected chi connectivity index (χ0v) is 11.3. The fourth-order valence-electron chi connectivity index (χ4n) is 2.58. The van der Waals surface area contributed by atoms with Gasteiger partial charge < -0.3 is 9.84 Å². The minimum Gasteiger partial charge on any atom is -0.385 e. The normalized spacial score (nSPS) is 32.5. The fraction of sp³-hybridized carbons (Fsp3) is 0.600. The van der Waals surface area contributed by atoms with Crippen molar-refractivity contribution in [3.05, 3.63) is 35.1 Å². The van der Waals surface area contributed by atoms with Gasteiger partial charge in [-0.3, -0.25) is 0 Å². The Morgan fingerprint density at radius 2 is 2.17 bits per heavy atom. The average Bonchev–Trinajstić information content (AvgIpc) is 2.32. The van der Waals surface area contributed by atoms with Gasteiger partial charge in [-0.1, -0.05) is 19.1 Å². The van der Waals surface area contributed by atoms with Gasteiger partial charge in [0.2, 0.25) is 0 Å². The highest BCUT2D eigenvalue weighted by molar-refractivity contribution is 5.28. The van der Waals surface area contributed by atoms with Gasteiger partial charge in [-0.25, -0.2) is 4.39 Å². The molecule has 1 aromatic rings. The molecule has 2 rings (SSSR count). The summed E-state index contributed by atoms with van der Waals surface area (Å²) in [6.07, 6.45) is 1.87. The van der Waals surface area contributed by atoms with Crippen LogP contribution in [0.25, 0.3) is 0 Å². The molecule has 100 valence electrons. The van der Waals surface area contributed by atoms with E-state index in [1.54, 1.807) is 13.0 Å². The van der Waals surface area contributed by atoms with Crippen molar-refractivity contribution in [2.45, 2.75) is 51.2 Å². The largest absolute Gasteiger partial charge is 0.385 e. The number of hydrogen-bond acceptors (Lipinski definition) is 2. The maximum atomic E-state index is 13.6. The van der Waals surface area contributed by atoms with Gasteiger partial charge >= 0.3 is 0 Å². The van der Waals surface area contributed by atoms with E-state index >= 15 is 0 Å². The SMILES string of the molecule is CCC1(C)CC(O)(c2ccc(C)c(F)c2)CCO1. The molecule has 1 aliphatic heterocycles. The van der Waals surface area contributed by atoms with Gasteiger partial charge in [0.15, 0.2) is 0 Å². The van der Waals surface area contributed by atoms with Crippen LogP contribution in [0.15, 0.2) is 18.2 Å². The molecule has 1 saturated heterocycles. The Bertz CT molecular complexity index is 446. The van der Waals surface area contributed by atoms with Crippen molar-refractivity contribution in [3.8, 4) is 0 Å². The second-order valence-electron chi connectivity index (χ2n) is 5.57. The molecule has 0 amide bonds. The summed E-state index contributed by atoms with van der Waals surface area (Å²) >= 11 is 0. The predicted molar refractivity (Wildman–Crippen MR) is 68.9 cm³/mol. The summed E-state index contributed by atoms with van der Waals surface area (Å²) in [6.45, 7) is 6.28. The summed E-state index contributed by atoms with van der Waals surface area (Å²) in [5.41, 5.74) is -0.0347. The first-order valence-corrected chi connectivity index (χ1v) is 6.51. The highest BCUT2D eigenvalue weighted by Gasteiger charge is 2.42. The van der Waals surface area contributed by atoms with Crippen LogP contribution in [0.3, 0.4) is 0 Å². The lowest BCUT2D eigenvalue weighted by Crippen LogP contribution is -2.45. The van der Waals surface area contributed by atoms with E-state index in [0.717, 1.165) is 6.42 Å². The first-order chi connectivity index (χ1) is 8.38. The molecule has 2 atom stereocenters. The second kappa shape index (κ2) is 4.63. The predicted octanol–water partition coefficient (Wildman–Crippen LogP) is 3.30. The lowest BCUT2D eigenvalue weighted by Gasteiger charge is -2.43. The summed E-state index contributed by atoms with van der Waals surface area (Å²) in [4.78, 5) is 0. The molecule has 18 heavy (non-hydrogen) atoms. The summed E-state index contributed by atoms with van der Waals surface area (Å²) < 4.78 is 19.4. The summed E-state index contributed by atoms with van der Waals surface area (Å²) in [5.74, 6) is -0.259. The standard InChI is InChI=1S/C15H21FO2/c1-4-14(3)10-15(17,7-8-18-14)12-6-5-11(2)13(16)9-12/h5-6,9,17H,4,7-8,10H2,1-3H3. The molecule has 0 radical (unpaired) electrons. The molecule has 1 aliphatic rings. The van der Waals surface area contributed by atoms with Crippen molar-refractivity contribution in [3.63, 3.8) is 0 Å². The highest BCUT2D eigenvalue weighted by Crippen LogP contribution is 2.41. The van der Waals surface area contributed by atoms with Crippen LogP contribution in [0.5, 0.6) is 0 Å². The van der Waals surface area contributed by atoms with Gasteiger partial charge in [0.25, 0.3) is 0 Å². The number of aliphatic hydroxyl groups is 1. The Balaban J connectivity index is 2.32. The van der Waals surface area contributed by atoms with E-state index < -0.39 is 5.60 Å². The van der Waals surface area contributed by atoms with Crippen molar-refractivity contribution in [1.82, 2.24) is 0 Å². The van der Waals surface area contributed by atoms with Crippen molar-refractivity contribution in [2.75, 3.05) is 6.61 Å². The van der Waals surface area contributed by atoms with Crippen molar-refractivity contribution < 1.29 is 14.2 Å². The molecular formula is C15H21FO2. The van der Waals surface area contributed by atoms with E-state index in [-0.39, 0.29) is 11.4 Å². The van der Waals surface area contributed by atoms with Gasteiger partial charge in [0.1, 0.15) is 5.82 Å². The van der Waals surface area contributed by atoms with Gasteiger partial charge in [0.05, 0.1) is 17.8 Å². The molecule has 1 heterocycles. The third kappa shape index (κ3) is 2.43. The van der Waals surface area contributed by atoms with E-state index in [9.17, 15) is 9.50 Å². The molecule has 0 aromatic heterocycles. The van der Waals surface area contributed by atoms with Crippen LogP contribution in [0, 0.1) is 12.7 Å². The van der Waals surface area contributed by atoms with E-state index in [4.69, 9.17) is 4.74 Å². The molecule has 0 aliphatic carbocycles. The first-order valence-electron chi connectivity index (χ1n) is 6.51. The number of halogens is 1.